The molecular formula is C9H11N3O4. The molecule has 0 saturated heterocycles. The van der Waals surface area contributed by atoms with Gasteiger partial charge in [0.05, 0.1) is 6.07 Å². The summed E-state index contributed by atoms with van der Waals surface area (Å²) in [7, 11) is 0. The minimum absolute atomic E-state index is 0.233. The Kier molecular flexibility index (Phi) is 1.86. The van der Waals surface area contributed by atoms with Crippen LogP contribution in [0.2, 0.25) is 0 Å². The molecule has 1 atom stereocenters. The normalized spacial score (nSPS) is 26.4. The lowest BCUT2D eigenvalue weighted by atomic mass is 9.92. The number of carboxylic acid groups (broad SMARTS) is 1. The number of rotatable bonds is 3. The van der Waals surface area contributed by atoms with Crippen molar-refractivity contribution in [2.75, 3.05) is 0 Å². The lowest BCUT2D eigenvalue weighted by molar-refractivity contribution is -0.389. The number of aromatic amines is 1. The van der Waals surface area contributed by atoms with Crippen LogP contribution in [0.3, 0.4) is 0 Å². The molecule has 16 heavy (non-hydrogen) atoms. The highest BCUT2D eigenvalue weighted by Crippen LogP contribution is 2.64. The monoisotopic (exact) mass is 225 g/mol. The van der Waals surface area contributed by atoms with Crippen LogP contribution in [0.5, 0.6) is 0 Å². The van der Waals surface area contributed by atoms with Gasteiger partial charge in [-0.3, -0.25) is 4.79 Å². The summed E-state index contributed by atoms with van der Waals surface area (Å²) in [5.41, 5.74) is -1.27. The van der Waals surface area contributed by atoms with Gasteiger partial charge in [0.2, 0.25) is 0 Å². The SMILES string of the molecule is CC1(C)CC1(C(=O)O)c1cc([N+](=O)[O-])[nH]n1. The number of aliphatic carboxylic acids is 1. The maximum Gasteiger partial charge on any atom is 0.342 e. The second-order valence-electron chi connectivity index (χ2n) is 4.67. The fourth-order valence-corrected chi connectivity index (χ4v) is 2.15. The van der Waals surface area contributed by atoms with E-state index in [1.54, 1.807) is 0 Å². The van der Waals surface area contributed by atoms with Crippen molar-refractivity contribution in [1.29, 1.82) is 0 Å². The molecule has 2 rings (SSSR count). The zero-order valence-electron chi connectivity index (χ0n) is 8.85. The van der Waals surface area contributed by atoms with Gasteiger partial charge in [-0.05, 0) is 16.8 Å². The minimum atomic E-state index is -1.09. The Labute approximate surface area is 90.6 Å². The lowest BCUT2D eigenvalue weighted by Crippen LogP contribution is -2.25. The molecule has 1 aromatic heterocycles. The highest BCUT2D eigenvalue weighted by molar-refractivity contribution is 5.86. The highest BCUT2D eigenvalue weighted by Gasteiger charge is 2.69. The van der Waals surface area contributed by atoms with Crippen molar-refractivity contribution >= 4 is 11.8 Å². The molecule has 0 bridgehead atoms. The molecular weight excluding hydrogens is 214 g/mol. The van der Waals surface area contributed by atoms with Crippen LogP contribution in [0.1, 0.15) is 26.0 Å². The molecule has 1 unspecified atom stereocenters. The van der Waals surface area contributed by atoms with Crippen LogP contribution >= 0.6 is 0 Å². The van der Waals surface area contributed by atoms with Gasteiger partial charge in [0.25, 0.3) is 0 Å². The van der Waals surface area contributed by atoms with Crippen molar-refractivity contribution in [2.45, 2.75) is 25.7 Å². The quantitative estimate of drug-likeness (QED) is 0.590. The average Bonchev–Trinajstić information content (AvgIpc) is 2.61. The molecule has 1 aliphatic carbocycles. The molecule has 1 aliphatic rings. The maximum atomic E-state index is 11.3. The first-order chi connectivity index (χ1) is 7.31. The van der Waals surface area contributed by atoms with E-state index in [4.69, 9.17) is 0 Å². The Balaban J connectivity index is 2.43. The molecule has 7 nitrogen and oxygen atoms in total. The maximum absolute atomic E-state index is 11.3. The number of nitrogens with zero attached hydrogens (tertiary/aromatic N) is 2. The first-order valence-electron chi connectivity index (χ1n) is 4.75. The van der Waals surface area contributed by atoms with Crippen LogP contribution in [0.4, 0.5) is 5.82 Å². The molecule has 1 saturated carbocycles. The van der Waals surface area contributed by atoms with Gasteiger partial charge in [0.15, 0.2) is 0 Å². The summed E-state index contributed by atoms with van der Waals surface area (Å²) in [6.07, 6.45) is 0.442. The number of H-pyrrole nitrogens is 1. The molecule has 1 heterocycles. The Morgan fingerprint density at radius 2 is 2.25 bits per heavy atom. The fourth-order valence-electron chi connectivity index (χ4n) is 2.15. The number of hydrogen-bond acceptors (Lipinski definition) is 4. The summed E-state index contributed by atoms with van der Waals surface area (Å²) in [6, 6.07) is 1.20. The van der Waals surface area contributed by atoms with E-state index >= 15 is 0 Å². The number of nitro groups is 1. The van der Waals surface area contributed by atoms with Crippen LogP contribution in [0.15, 0.2) is 6.07 Å². The molecule has 0 amide bonds. The third kappa shape index (κ3) is 1.14. The summed E-state index contributed by atoms with van der Waals surface area (Å²) in [5, 5.41) is 25.7. The highest BCUT2D eigenvalue weighted by atomic mass is 16.6. The van der Waals surface area contributed by atoms with E-state index in [0.717, 1.165) is 0 Å². The Morgan fingerprint density at radius 3 is 2.56 bits per heavy atom. The smallest absolute Gasteiger partial charge is 0.342 e. The zero-order valence-corrected chi connectivity index (χ0v) is 8.85. The number of hydrogen-bond donors (Lipinski definition) is 2. The van der Waals surface area contributed by atoms with Crippen LogP contribution in [-0.2, 0) is 10.2 Å². The lowest BCUT2D eigenvalue weighted by Gasteiger charge is -2.10. The van der Waals surface area contributed by atoms with Gasteiger partial charge in [-0.25, -0.2) is 0 Å². The molecule has 86 valence electrons. The second-order valence-corrected chi connectivity index (χ2v) is 4.67. The van der Waals surface area contributed by atoms with E-state index in [1.807, 2.05) is 13.8 Å². The third-order valence-electron chi connectivity index (χ3n) is 3.30. The van der Waals surface area contributed by atoms with Crippen molar-refractivity contribution in [1.82, 2.24) is 10.2 Å². The van der Waals surface area contributed by atoms with Gasteiger partial charge in [0.1, 0.15) is 11.1 Å². The number of nitrogens with one attached hydrogen (secondary N) is 1. The second kappa shape index (κ2) is 2.81. The van der Waals surface area contributed by atoms with Crippen LogP contribution in [-0.4, -0.2) is 26.2 Å². The molecule has 0 aliphatic heterocycles. The zero-order chi connectivity index (χ0) is 12.1. The van der Waals surface area contributed by atoms with Gasteiger partial charge in [-0.1, -0.05) is 18.9 Å². The third-order valence-corrected chi connectivity index (χ3v) is 3.30. The van der Waals surface area contributed by atoms with Gasteiger partial charge in [0, 0.05) is 0 Å². The molecule has 0 aromatic carbocycles. The summed E-state index contributed by atoms with van der Waals surface area (Å²) in [5.74, 6) is -1.27. The minimum Gasteiger partial charge on any atom is -0.481 e. The Morgan fingerprint density at radius 1 is 1.69 bits per heavy atom. The van der Waals surface area contributed by atoms with E-state index in [-0.39, 0.29) is 11.5 Å². The van der Waals surface area contributed by atoms with E-state index in [1.165, 1.54) is 6.07 Å². The number of carbonyl (C=O) groups is 1. The first kappa shape index (κ1) is 10.6. The standard InChI is InChI=1S/C9H11N3O4/c1-8(2)4-9(8,7(13)14)5-3-6(11-10-5)12(15)16/h3H,4H2,1-2H3,(H,10,11)(H,13,14). The van der Waals surface area contributed by atoms with E-state index in [9.17, 15) is 20.0 Å². The largest absolute Gasteiger partial charge is 0.481 e. The van der Waals surface area contributed by atoms with Gasteiger partial charge in [-0.15, -0.1) is 5.10 Å². The summed E-state index contributed by atoms with van der Waals surface area (Å²) < 4.78 is 0. The average molecular weight is 225 g/mol. The summed E-state index contributed by atoms with van der Waals surface area (Å²) in [4.78, 5) is 21.1. The van der Waals surface area contributed by atoms with Crippen molar-refractivity contribution in [2.24, 2.45) is 5.41 Å². The van der Waals surface area contributed by atoms with Crippen LogP contribution in [0.25, 0.3) is 0 Å². The molecule has 0 spiro atoms. The predicted octanol–water partition coefficient (Wildman–Crippen LogP) is 1.07. The van der Waals surface area contributed by atoms with Crippen molar-refractivity contribution in [3.63, 3.8) is 0 Å². The van der Waals surface area contributed by atoms with Crippen molar-refractivity contribution in [3.05, 3.63) is 21.9 Å². The van der Waals surface area contributed by atoms with Gasteiger partial charge >= 0.3 is 11.8 Å². The number of aromatic nitrogens is 2. The van der Waals surface area contributed by atoms with E-state index < -0.39 is 21.7 Å². The Hall–Kier alpha value is -1.92. The van der Waals surface area contributed by atoms with Gasteiger partial charge < -0.3 is 15.2 Å². The molecule has 2 N–H and O–H groups in total. The Bertz CT molecular complexity index is 479. The molecule has 1 aromatic rings. The molecule has 7 heteroatoms. The van der Waals surface area contributed by atoms with Gasteiger partial charge in [-0.2, -0.15) is 0 Å². The first-order valence-corrected chi connectivity index (χ1v) is 4.75. The van der Waals surface area contributed by atoms with E-state index in [0.29, 0.717) is 6.42 Å². The summed E-state index contributed by atoms with van der Waals surface area (Å²) in [6.45, 7) is 3.61. The van der Waals surface area contributed by atoms with Crippen molar-refractivity contribution < 1.29 is 14.8 Å². The fraction of sp³-hybridized carbons (Fsp3) is 0.556. The van der Waals surface area contributed by atoms with Crippen LogP contribution in [0, 0.1) is 15.5 Å². The van der Waals surface area contributed by atoms with E-state index in [2.05, 4.69) is 10.2 Å². The molecule has 0 radical (unpaired) electrons. The molecule has 1 fully saturated rings. The van der Waals surface area contributed by atoms with Crippen molar-refractivity contribution in [3.8, 4) is 0 Å². The predicted molar refractivity (Wildman–Crippen MR) is 53.0 cm³/mol. The van der Waals surface area contributed by atoms with Crippen LogP contribution < -0.4 is 0 Å². The topological polar surface area (TPSA) is 109 Å². The number of carboxylic acids is 1. The summed E-state index contributed by atoms with van der Waals surface area (Å²) >= 11 is 0.